The summed E-state index contributed by atoms with van der Waals surface area (Å²) in [5, 5.41) is 6.47. The summed E-state index contributed by atoms with van der Waals surface area (Å²) >= 11 is 6.00. The molecule has 2 rings (SSSR count). The van der Waals surface area contributed by atoms with E-state index in [2.05, 4.69) is 17.6 Å². The van der Waals surface area contributed by atoms with Crippen molar-refractivity contribution in [3.05, 3.63) is 59.1 Å². The third kappa shape index (κ3) is 3.75. The SMILES string of the molecule is CCc1ccccc1NCC(=O)Nc1ccccc1Cl. The minimum Gasteiger partial charge on any atom is -0.376 e. The molecule has 3 nitrogen and oxygen atoms in total. The van der Waals surface area contributed by atoms with Crippen LogP contribution in [0.4, 0.5) is 11.4 Å². The topological polar surface area (TPSA) is 41.1 Å². The zero-order valence-corrected chi connectivity index (χ0v) is 12.1. The summed E-state index contributed by atoms with van der Waals surface area (Å²) in [4.78, 5) is 11.9. The second kappa shape index (κ2) is 6.96. The first-order valence-electron chi connectivity index (χ1n) is 6.57. The molecule has 2 aromatic carbocycles. The second-order valence-electron chi connectivity index (χ2n) is 4.39. The Kier molecular flexibility index (Phi) is 5.02. The van der Waals surface area contributed by atoms with Gasteiger partial charge < -0.3 is 10.6 Å². The summed E-state index contributed by atoms with van der Waals surface area (Å²) in [7, 11) is 0. The van der Waals surface area contributed by atoms with Crippen LogP contribution >= 0.6 is 11.6 Å². The Morgan fingerprint density at radius 3 is 2.40 bits per heavy atom. The number of carbonyl (C=O) groups is 1. The fourth-order valence-electron chi connectivity index (χ4n) is 1.93. The van der Waals surface area contributed by atoms with E-state index in [4.69, 9.17) is 11.6 Å². The number of amides is 1. The van der Waals surface area contributed by atoms with Crippen LogP contribution in [0.25, 0.3) is 0 Å². The first-order valence-corrected chi connectivity index (χ1v) is 6.94. The Hall–Kier alpha value is -2.00. The van der Waals surface area contributed by atoms with Gasteiger partial charge in [0, 0.05) is 5.69 Å². The van der Waals surface area contributed by atoms with E-state index in [-0.39, 0.29) is 12.5 Å². The van der Waals surface area contributed by atoms with Crippen molar-refractivity contribution in [2.24, 2.45) is 0 Å². The fourth-order valence-corrected chi connectivity index (χ4v) is 2.12. The number of benzene rings is 2. The highest BCUT2D eigenvalue weighted by atomic mass is 35.5. The lowest BCUT2D eigenvalue weighted by atomic mass is 10.1. The fraction of sp³-hybridized carbons (Fsp3) is 0.188. The second-order valence-corrected chi connectivity index (χ2v) is 4.80. The molecule has 0 aliphatic heterocycles. The molecule has 0 heterocycles. The number of nitrogens with one attached hydrogen (secondary N) is 2. The zero-order valence-electron chi connectivity index (χ0n) is 11.3. The van der Waals surface area contributed by atoms with Gasteiger partial charge in [-0.15, -0.1) is 0 Å². The van der Waals surface area contributed by atoms with Crippen molar-refractivity contribution in [1.29, 1.82) is 0 Å². The van der Waals surface area contributed by atoms with E-state index in [0.29, 0.717) is 10.7 Å². The van der Waals surface area contributed by atoms with Gasteiger partial charge in [-0.3, -0.25) is 4.79 Å². The van der Waals surface area contributed by atoms with E-state index in [9.17, 15) is 4.79 Å². The molecule has 0 radical (unpaired) electrons. The third-order valence-electron chi connectivity index (χ3n) is 2.99. The van der Waals surface area contributed by atoms with Gasteiger partial charge in [0.1, 0.15) is 0 Å². The van der Waals surface area contributed by atoms with Crippen LogP contribution in [0.15, 0.2) is 48.5 Å². The van der Waals surface area contributed by atoms with Crippen molar-refractivity contribution >= 4 is 28.9 Å². The van der Waals surface area contributed by atoms with Gasteiger partial charge in [0.25, 0.3) is 0 Å². The van der Waals surface area contributed by atoms with Crippen LogP contribution in [0.5, 0.6) is 0 Å². The first-order chi connectivity index (χ1) is 9.70. The lowest BCUT2D eigenvalue weighted by Gasteiger charge is -2.11. The highest BCUT2D eigenvalue weighted by Crippen LogP contribution is 2.20. The molecule has 2 aromatic rings. The van der Waals surface area contributed by atoms with Crippen molar-refractivity contribution in [3.63, 3.8) is 0 Å². The molecule has 0 spiro atoms. The number of halogens is 1. The van der Waals surface area contributed by atoms with Crippen LogP contribution in [0.2, 0.25) is 5.02 Å². The molecule has 0 aromatic heterocycles. The van der Waals surface area contributed by atoms with Gasteiger partial charge in [-0.05, 0) is 30.2 Å². The number of carbonyl (C=O) groups excluding carboxylic acids is 1. The van der Waals surface area contributed by atoms with Gasteiger partial charge in [0.2, 0.25) is 5.91 Å². The van der Waals surface area contributed by atoms with Gasteiger partial charge in [-0.25, -0.2) is 0 Å². The molecular weight excluding hydrogens is 272 g/mol. The molecule has 20 heavy (non-hydrogen) atoms. The van der Waals surface area contributed by atoms with Crippen LogP contribution in [-0.2, 0) is 11.2 Å². The maximum absolute atomic E-state index is 11.9. The summed E-state index contributed by atoms with van der Waals surface area (Å²) in [6.07, 6.45) is 0.926. The first kappa shape index (κ1) is 14.4. The van der Waals surface area contributed by atoms with Gasteiger partial charge in [0.15, 0.2) is 0 Å². The van der Waals surface area contributed by atoms with Crippen molar-refractivity contribution in [2.75, 3.05) is 17.2 Å². The molecule has 0 fully saturated rings. The minimum absolute atomic E-state index is 0.121. The molecule has 2 N–H and O–H groups in total. The van der Waals surface area contributed by atoms with Crippen molar-refractivity contribution < 1.29 is 4.79 Å². The van der Waals surface area contributed by atoms with E-state index in [0.717, 1.165) is 12.1 Å². The number of rotatable bonds is 5. The van der Waals surface area contributed by atoms with Crippen LogP contribution in [0.3, 0.4) is 0 Å². The Balaban J connectivity index is 1.94. The molecule has 104 valence electrons. The van der Waals surface area contributed by atoms with E-state index < -0.39 is 0 Å². The predicted molar refractivity (Wildman–Crippen MR) is 84.4 cm³/mol. The number of anilines is 2. The minimum atomic E-state index is -0.121. The maximum Gasteiger partial charge on any atom is 0.243 e. The number of aryl methyl sites for hydroxylation is 1. The smallest absolute Gasteiger partial charge is 0.243 e. The third-order valence-corrected chi connectivity index (χ3v) is 3.32. The number of hydrogen-bond acceptors (Lipinski definition) is 2. The van der Waals surface area contributed by atoms with Gasteiger partial charge in [0.05, 0.1) is 17.3 Å². The molecule has 0 saturated heterocycles. The van der Waals surface area contributed by atoms with Crippen molar-refractivity contribution in [2.45, 2.75) is 13.3 Å². The van der Waals surface area contributed by atoms with Crippen LogP contribution in [0, 0.1) is 0 Å². The van der Waals surface area contributed by atoms with Gasteiger partial charge >= 0.3 is 0 Å². The Morgan fingerprint density at radius 1 is 1.05 bits per heavy atom. The molecule has 4 heteroatoms. The molecule has 0 saturated carbocycles. The summed E-state index contributed by atoms with van der Waals surface area (Å²) in [6, 6.07) is 15.2. The standard InChI is InChI=1S/C16H17ClN2O/c1-2-12-7-3-5-9-14(12)18-11-16(20)19-15-10-6-4-8-13(15)17/h3-10,18H,2,11H2,1H3,(H,19,20). The molecular formula is C16H17ClN2O. The predicted octanol–water partition coefficient (Wildman–Crippen LogP) is 3.95. The largest absolute Gasteiger partial charge is 0.376 e. The molecule has 0 bridgehead atoms. The zero-order chi connectivity index (χ0) is 14.4. The molecule has 0 unspecified atom stereocenters. The molecule has 0 aliphatic rings. The van der Waals surface area contributed by atoms with Gasteiger partial charge in [-0.2, -0.15) is 0 Å². The van der Waals surface area contributed by atoms with Crippen LogP contribution in [0.1, 0.15) is 12.5 Å². The average molecular weight is 289 g/mol. The lowest BCUT2D eigenvalue weighted by Crippen LogP contribution is -2.22. The van der Waals surface area contributed by atoms with E-state index in [1.807, 2.05) is 36.4 Å². The van der Waals surface area contributed by atoms with Crippen molar-refractivity contribution in [3.8, 4) is 0 Å². The normalized spacial score (nSPS) is 10.1. The van der Waals surface area contributed by atoms with E-state index >= 15 is 0 Å². The number of para-hydroxylation sites is 2. The quantitative estimate of drug-likeness (QED) is 0.874. The lowest BCUT2D eigenvalue weighted by molar-refractivity contribution is -0.114. The average Bonchev–Trinajstić information content (AvgIpc) is 2.48. The van der Waals surface area contributed by atoms with E-state index in [1.54, 1.807) is 12.1 Å². The molecule has 1 amide bonds. The highest BCUT2D eigenvalue weighted by Gasteiger charge is 2.06. The summed E-state index contributed by atoms with van der Waals surface area (Å²) in [5.74, 6) is -0.121. The summed E-state index contributed by atoms with van der Waals surface area (Å²) in [5.41, 5.74) is 2.81. The highest BCUT2D eigenvalue weighted by molar-refractivity contribution is 6.33. The van der Waals surface area contributed by atoms with E-state index in [1.165, 1.54) is 5.56 Å². The summed E-state index contributed by atoms with van der Waals surface area (Å²) in [6.45, 7) is 2.30. The van der Waals surface area contributed by atoms with Crippen molar-refractivity contribution in [1.82, 2.24) is 0 Å². The maximum atomic E-state index is 11.9. The van der Waals surface area contributed by atoms with Crippen LogP contribution < -0.4 is 10.6 Å². The Morgan fingerprint density at radius 2 is 1.70 bits per heavy atom. The monoisotopic (exact) mass is 288 g/mol. The molecule has 0 aliphatic carbocycles. The van der Waals surface area contributed by atoms with Gasteiger partial charge in [-0.1, -0.05) is 48.9 Å². The molecule has 0 atom stereocenters. The van der Waals surface area contributed by atoms with Crippen LogP contribution in [-0.4, -0.2) is 12.5 Å². The Bertz CT molecular complexity index is 599. The number of hydrogen-bond donors (Lipinski definition) is 2. The Labute approximate surface area is 124 Å². The summed E-state index contributed by atoms with van der Waals surface area (Å²) < 4.78 is 0.